The van der Waals surface area contributed by atoms with E-state index in [9.17, 15) is 4.39 Å². The van der Waals surface area contributed by atoms with Gasteiger partial charge in [-0.05, 0) is 12.1 Å². The maximum atomic E-state index is 12.9. The molecule has 0 aromatic heterocycles. The molecule has 0 N–H and O–H groups in total. The number of benzene rings is 2. The zero-order valence-corrected chi connectivity index (χ0v) is 10.2. The van der Waals surface area contributed by atoms with Crippen molar-refractivity contribution in [2.45, 2.75) is 6.54 Å². The zero-order valence-electron chi connectivity index (χ0n) is 10.2. The van der Waals surface area contributed by atoms with Crippen LogP contribution in [0.3, 0.4) is 0 Å². The molecule has 0 heterocycles. The summed E-state index contributed by atoms with van der Waals surface area (Å²) in [4.78, 5) is 0. The molecule has 0 aliphatic heterocycles. The van der Waals surface area contributed by atoms with Crippen LogP contribution in [0.15, 0.2) is 54.6 Å². The Morgan fingerprint density at radius 1 is 0.882 bits per heavy atom. The van der Waals surface area contributed by atoms with Gasteiger partial charge in [0, 0.05) is 17.7 Å². The van der Waals surface area contributed by atoms with Crippen LogP contribution in [-0.2, 0) is 6.54 Å². The Hall–Kier alpha value is -1.67. The summed E-state index contributed by atoms with van der Waals surface area (Å²) in [6.07, 6.45) is 0. The molecule has 1 nitrogen and oxygen atoms in total. The molecule has 2 aromatic rings. The lowest BCUT2D eigenvalue weighted by molar-refractivity contribution is 0.391. The van der Waals surface area contributed by atoms with Crippen molar-refractivity contribution in [2.75, 3.05) is 14.1 Å². The summed E-state index contributed by atoms with van der Waals surface area (Å²) < 4.78 is 13.6. The van der Waals surface area contributed by atoms with Gasteiger partial charge in [0.15, 0.2) is 0 Å². The average molecular weight is 230 g/mol. The van der Waals surface area contributed by atoms with Crippen LogP contribution < -0.4 is 4.48 Å². The Bertz CT molecular complexity index is 474. The van der Waals surface area contributed by atoms with Gasteiger partial charge in [0.2, 0.25) is 0 Å². The van der Waals surface area contributed by atoms with Gasteiger partial charge in [0.1, 0.15) is 18.0 Å². The van der Waals surface area contributed by atoms with E-state index in [4.69, 9.17) is 0 Å². The quantitative estimate of drug-likeness (QED) is 0.707. The Labute approximate surface area is 102 Å². The van der Waals surface area contributed by atoms with Crippen LogP contribution in [0.4, 0.5) is 10.1 Å². The fourth-order valence-electron chi connectivity index (χ4n) is 1.98. The van der Waals surface area contributed by atoms with Gasteiger partial charge >= 0.3 is 0 Å². The van der Waals surface area contributed by atoms with Crippen LogP contribution in [-0.4, -0.2) is 14.1 Å². The molecule has 0 radical (unpaired) electrons. The molecule has 2 aromatic carbocycles. The molecular formula is C15H17FN+. The summed E-state index contributed by atoms with van der Waals surface area (Å²) in [5.74, 6) is -0.187. The lowest BCUT2D eigenvalue weighted by Crippen LogP contribution is -2.39. The fraction of sp³-hybridized carbons (Fsp3) is 0.200. The smallest absolute Gasteiger partial charge is 0.132 e. The van der Waals surface area contributed by atoms with Crippen LogP contribution in [0.25, 0.3) is 0 Å². The Morgan fingerprint density at radius 2 is 1.47 bits per heavy atom. The molecule has 2 heteroatoms. The second-order valence-electron chi connectivity index (χ2n) is 4.81. The van der Waals surface area contributed by atoms with E-state index in [0.29, 0.717) is 4.48 Å². The van der Waals surface area contributed by atoms with Gasteiger partial charge in [-0.2, -0.15) is 0 Å². The van der Waals surface area contributed by atoms with Gasteiger partial charge in [-0.1, -0.05) is 30.3 Å². The summed E-state index contributed by atoms with van der Waals surface area (Å²) in [5.41, 5.74) is 2.39. The summed E-state index contributed by atoms with van der Waals surface area (Å²) in [7, 11) is 4.25. The van der Waals surface area contributed by atoms with E-state index in [1.807, 2.05) is 30.3 Å². The minimum atomic E-state index is -0.187. The molecule has 0 aliphatic carbocycles. The van der Waals surface area contributed by atoms with Gasteiger partial charge in [-0.3, -0.25) is 4.48 Å². The van der Waals surface area contributed by atoms with Crippen molar-refractivity contribution in [1.29, 1.82) is 0 Å². The first-order valence-electron chi connectivity index (χ1n) is 5.71. The number of halogens is 1. The van der Waals surface area contributed by atoms with Crippen LogP contribution >= 0.6 is 0 Å². The number of nitrogens with zero attached hydrogens (tertiary/aromatic N) is 1. The van der Waals surface area contributed by atoms with Crippen LogP contribution in [0.5, 0.6) is 0 Å². The summed E-state index contributed by atoms with van der Waals surface area (Å²) in [6.45, 7) is 0.895. The highest BCUT2D eigenvalue weighted by Crippen LogP contribution is 2.22. The third-order valence-corrected chi connectivity index (χ3v) is 2.95. The first kappa shape index (κ1) is 11.8. The number of hydrogen-bond acceptors (Lipinski definition) is 0. The van der Waals surface area contributed by atoms with Gasteiger partial charge in [-0.15, -0.1) is 0 Å². The van der Waals surface area contributed by atoms with Crippen molar-refractivity contribution in [2.24, 2.45) is 0 Å². The van der Waals surface area contributed by atoms with Gasteiger partial charge in [0.05, 0.1) is 14.1 Å². The molecule has 0 saturated carbocycles. The summed E-state index contributed by atoms with van der Waals surface area (Å²) in [5, 5.41) is 0. The molecule has 0 atom stereocenters. The first-order valence-corrected chi connectivity index (χ1v) is 5.71. The summed E-state index contributed by atoms with van der Waals surface area (Å²) in [6, 6.07) is 17.0. The first-order chi connectivity index (χ1) is 8.08. The van der Waals surface area contributed by atoms with E-state index in [-0.39, 0.29) is 5.82 Å². The summed E-state index contributed by atoms with van der Waals surface area (Å²) >= 11 is 0. The Morgan fingerprint density at radius 3 is 2.06 bits per heavy atom. The van der Waals surface area contributed by atoms with Crippen LogP contribution in [0.2, 0.25) is 0 Å². The van der Waals surface area contributed by atoms with Crippen LogP contribution in [0.1, 0.15) is 5.56 Å². The largest absolute Gasteiger partial charge is 0.292 e. The lowest BCUT2D eigenvalue weighted by atomic mass is 10.1. The van der Waals surface area contributed by atoms with E-state index in [1.165, 1.54) is 17.7 Å². The van der Waals surface area contributed by atoms with Gasteiger partial charge in [0.25, 0.3) is 0 Å². The van der Waals surface area contributed by atoms with Crippen molar-refractivity contribution >= 4 is 5.69 Å². The van der Waals surface area contributed by atoms with Crippen molar-refractivity contribution < 1.29 is 4.39 Å². The Kier molecular flexibility index (Phi) is 3.25. The molecule has 0 fully saturated rings. The van der Waals surface area contributed by atoms with Gasteiger partial charge < -0.3 is 0 Å². The van der Waals surface area contributed by atoms with E-state index >= 15 is 0 Å². The predicted molar refractivity (Wildman–Crippen MR) is 70.2 cm³/mol. The van der Waals surface area contributed by atoms with E-state index in [2.05, 4.69) is 26.2 Å². The van der Waals surface area contributed by atoms with Crippen LogP contribution in [0, 0.1) is 5.82 Å². The molecule has 2 rings (SSSR count). The maximum Gasteiger partial charge on any atom is 0.132 e. The molecule has 17 heavy (non-hydrogen) atoms. The SMILES string of the molecule is C[N+](C)(Cc1ccccc1)c1ccc(F)cc1. The molecule has 0 amide bonds. The molecule has 0 bridgehead atoms. The number of quaternary nitrogens is 1. The standard InChI is InChI=1S/C15H17FN/c1-17(2,12-13-6-4-3-5-7-13)15-10-8-14(16)9-11-15/h3-11H,12H2,1-2H3/q+1. The molecular weight excluding hydrogens is 213 g/mol. The normalized spacial score (nSPS) is 11.5. The third-order valence-electron chi connectivity index (χ3n) is 2.95. The molecule has 0 aliphatic rings. The van der Waals surface area contributed by atoms with E-state index < -0.39 is 0 Å². The van der Waals surface area contributed by atoms with Crippen molar-refractivity contribution in [1.82, 2.24) is 4.48 Å². The van der Waals surface area contributed by atoms with Crippen molar-refractivity contribution in [3.05, 3.63) is 66.0 Å². The van der Waals surface area contributed by atoms with Crippen molar-refractivity contribution in [3.8, 4) is 0 Å². The minimum Gasteiger partial charge on any atom is -0.292 e. The zero-order chi connectivity index (χ0) is 12.3. The second kappa shape index (κ2) is 4.68. The molecule has 0 unspecified atom stereocenters. The van der Waals surface area contributed by atoms with E-state index in [0.717, 1.165) is 12.2 Å². The molecule has 88 valence electrons. The fourth-order valence-corrected chi connectivity index (χ4v) is 1.98. The third kappa shape index (κ3) is 2.92. The number of rotatable bonds is 3. The minimum absolute atomic E-state index is 0.187. The highest BCUT2D eigenvalue weighted by atomic mass is 19.1. The molecule has 0 saturated heterocycles. The average Bonchev–Trinajstić information content (AvgIpc) is 2.30. The highest BCUT2D eigenvalue weighted by molar-refractivity contribution is 5.42. The maximum absolute atomic E-state index is 12.9. The topological polar surface area (TPSA) is 0 Å². The predicted octanol–water partition coefficient (Wildman–Crippen LogP) is 3.59. The molecule has 0 spiro atoms. The second-order valence-corrected chi connectivity index (χ2v) is 4.81. The lowest BCUT2D eigenvalue weighted by Gasteiger charge is -2.29. The van der Waals surface area contributed by atoms with E-state index in [1.54, 1.807) is 0 Å². The van der Waals surface area contributed by atoms with Gasteiger partial charge in [-0.25, -0.2) is 4.39 Å². The monoisotopic (exact) mass is 230 g/mol. The Balaban J connectivity index is 2.21. The van der Waals surface area contributed by atoms with Crippen molar-refractivity contribution in [3.63, 3.8) is 0 Å². The number of hydrogen-bond donors (Lipinski definition) is 0. The highest BCUT2D eigenvalue weighted by Gasteiger charge is 2.19.